The van der Waals surface area contributed by atoms with Crippen molar-refractivity contribution in [2.24, 2.45) is 0 Å². The molecule has 0 unspecified atom stereocenters. The summed E-state index contributed by atoms with van der Waals surface area (Å²) in [7, 11) is 0. The molecule has 1 aliphatic carbocycles. The smallest absolute Gasteiger partial charge is 0.225 e. The Bertz CT molecular complexity index is 732. The summed E-state index contributed by atoms with van der Waals surface area (Å²) in [6.07, 6.45) is 4.90. The van der Waals surface area contributed by atoms with Crippen LogP contribution in [0.4, 0.5) is 0 Å². The molecule has 2 heterocycles. The molecule has 1 aromatic carbocycles. The van der Waals surface area contributed by atoms with E-state index in [9.17, 15) is 9.59 Å². The van der Waals surface area contributed by atoms with Crippen molar-refractivity contribution in [3.8, 4) is 0 Å². The fourth-order valence-corrected chi connectivity index (χ4v) is 3.30. The molecule has 1 saturated carbocycles. The van der Waals surface area contributed by atoms with Crippen LogP contribution in [0.1, 0.15) is 24.8 Å². The fourth-order valence-electron chi connectivity index (χ4n) is 3.30. The SMILES string of the molecule is O=C(Cc1c[nH]c2ccccc12)N[C@H]1CC(=O)N(C2CC2)C1. The number of H-pyrrole nitrogens is 1. The van der Waals surface area contributed by atoms with Gasteiger partial charge in [0.15, 0.2) is 0 Å². The van der Waals surface area contributed by atoms with Gasteiger partial charge in [0.25, 0.3) is 0 Å². The van der Waals surface area contributed by atoms with Gasteiger partial charge in [-0.1, -0.05) is 18.2 Å². The van der Waals surface area contributed by atoms with E-state index in [2.05, 4.69) is 10.3 Å². The van der Waals surface area contributed by atoms with E-state index in [4.69, 9.17) is 0 Å². The predicted octanol–water partition coefficient (Wildman–Crippen LogP) is 1.59. The van der Waals surface area contributed by atoms with Crippen LogP contribution in [0.25, 0.3) is 10.9 Å². The Morgan fingerprint density at radius 2 is 2.14 bits per heavy atom. The lowest BCUT2D eigenvalue weighted by atomic mass is 10.1. The maximum absolute atomic E-state index is 12.3. The lowest BCUT2D eigenvalue weighted by Crippen LogP contribution is -2.38. The number of hydrogen-bond donors (Lipinski definition) is 2. The van der Waals surface area contributed by atoms with E-state index in [1.807, 2.05) is 35.4 Å². The molecule has 0 bridgehead atoms. The van der Waals surface area contributed by atoms with Crippen molar-refractivity contribution in [2.45, 2.75) is 37.8 Å². The standard InChI is InChI=1S/C17H19N3O2/c21-16(7-11-9-18-15-4-2-1-3-14(11)15)19-12-8-17(22)20(10-12)13-5-6-13/h1-4,9,12-13,18H,5-8,10H2,(H,19,21)/t12-/m0/s1. The van der Waals surface area contributed by atoms with Crippen LogP contribution in [-0.4, -0.2) is 40.3 Å². The van der Waals surface area contributed by atoms with Crippen molar-refractivity contribution in [3.05, 3.63) is 36.0 Å². The number of nitrogens with zero attached hydrogens (tertiary/aromatic N) is 1. The summed E-state index contributed by atoms with van der Waals surface area (Å²) >= 11 is 0. The Labute approximate surface area is 128 Å². The molecule has 5 nitrogen and oxygen atoms in total. The van der Waals surface area contributed by atoms with E-state index in [1.54, 1.807) is 0 Å². The molecule has 1 atom stereocenters. The molecule has 1 aliphatic heterocycles. The summed E-state index contributed by atoms with van der Waals surface area (Å²) in [5.41, 5.74) is 2.04. The Hall–Kier alpha value is -2.30. The van der Waals surface area contributed by atoms with Gasteiger partial charge < -0.3 is 15.2 Å². The second-order valence-corrected chi connectivity index (χ2v) is 6.28. The number of hydrogen-bond acceptors (Lipinski definition) is 2. The zero-order valence-electron chi connectivity index (χ0n) is 12.3. The van der Waals surface area contributed by atoms with Gasteiger partial charge in [-0.2, -0.15) is 0 Å². The number of carbonyl (C=O) groups is 2. The van der Waals surface area contributed by atoms with E-state index in [1.165, 1.54) is 0 Å². The summed E-state index contributed by atoms with van der Waals surface area (Å²) in [4.78, 5) is 29.3. The van der Waals surface area contributed by atoms with Gasteiger partial charge in [0, 0.05) is 36.1 Å². The number of fused-ring (bicyclic) bond motifs is 1. The topological polar surface area (TPSA) is 65.2 Å². The summed E-state index contributed by atoms with van der Waals surface area (Å²) in [5, 5.41) is 4.09. The summed E-state index contributed by atoms with van der Waals surface area (Å²) in [5.74, 6) is 0.167. The molecular formula is C17H19N3O2. The van der Waals surface area contributed by atoms with Gasteiger partial charge >= 0.3 is 0 Å². The first-order valence-electron chi connectivity index (χ1n) is 7.84. The highest BCUT2D eigenvalue weighted by atomic mass is 16.2. The van der Waals surface area contributed by atoms with E-state index in [-0.39, 0.29) is 17.9 Å². The molecule has 0 spiro atoms. The molecule has 2 N–H and O–H groups in total. The zero-order valence-corrected chi connectivity index (χ0v) is 12.3. The van der Waals surface area contributed by atoms with E-state index in [0.29, 0.717) is 25.4 Å². The molecule has 22 heavy (non-hydrogen) atoms. The predicted molar refractivity (Wildman–Crippen MR) is 83.3 cm³/mol. The third kappa shape index (κ3) is 2.47. The molecule has 0 radical (unpaired) electrons. The van der Waals surface area contributed by atoms with Gasteiger partial charge in [0.2, 0.25) is 11.8 Å². The fraction of sp³-hybridized carbons (Fsp3) is 0.412. The van der Waals surface area contributed by atoms with Crippen LogP contribution in [0.2, 0.25) is 0 Å². The Morgan fingerprint density at radius 1 is 1.32 bits per heavy atom. The highest BCUT2D eigenvalue weighted by Crippen LogP contribution is 2.30. The van der Waals surface area contributed by atoms with Crippen molar-refractivity contribution in [1.82, 2.24) is 15.2 Å². The average molecular weight is 297 g/mol. The molecule has 114 valence electrons. The minimum absolute atomic E-state index is 0.0137. The Balaban J connectivity index is 1.39. The number of carbonyl (C=O) groups excluding carboxylic acids is 2. The molecule has 2 aliphatic rings. The van der Waals surface area contributed by atoms with Gasteiger partial charge in [-0.15, -0.1) is 0 Å². The maximum atomic E-state index is 12.3. The van der Waals surface area contributed by atoms with Crippen molar-refractivity contribution < 1.29 is 9.59 Å². The molecule has 4 rings (SSSR count). The van der Waals surface area contributed by atoms with Crippen molar-refractivity contribution in [1.29, 1.82) is 0 Å². The number of nitrogens with one attached hydrogen (secondary N) is 2. The van der Waals surface area contributed by atoms with Crippen LogP contribution in [0, 0.1) is 0 Å². The van der Waals surface area contributed by atoms with E-state index < -0.39 is 0 Å². The molecule has 2 aromatic rings. The van der Waals surface area contributed by atoms with Crippen molar-refractivity contribution >= 4 is 22.7 Å². The molecular weight excluding hydrogens is 278 g/mol. The van der Waals surface area contributed by atoms with E-state index in [0.717, 1.165) is 29.3 Å². The first-order chi connectivity index (χ1) is 10.7. The second kappa shape index (κ2) is 5.16. The molecule has 5 heteroatoms. The van der Waals surface area contributed by atoms with Crippen LogP contribution in [0.3, 0.4) is 0 Å². The van der Waals surface area contributed by atoms with Crippen LogP contribution >= 0.6 is 0 Å². The lowest BCUT2D eigenvalue weighted by Gasteiger charge is -2.16. The van der Waals surface area contributed by atoms with Gasteiger partial charge in [-0.05, 0) is 24.5 Å². The lowest BCUT2D eigenvalue weighted by molar-refractivity contribution is -0.128. The van der Waals surface area contributed by atoms with Gasteiger partial charge in [-0.3, -0.25) is 9.59 Å². The Morgan fingerprint density at radius 3 is 2.95 bits per heavy atom. The van der Waals surface area contributed by atoms with Gasteiger partial charge in [-0.25, -0.2) is 0 Å². The van der Waals surface area contributed by atoms with Crippen molar-refractivity contribution in [3.63, 3.8) is 0 Å². The summed E-state index contributed by atoms with van der Waals surface area (Å²) < 4.78 is 0. The normalized spacial score (nSPS) is 21.5. The van der Waals surface area contributed by atoms with Gasteiger partial charge in [0.05, 0.1) is 12.5 Å². The Kier molecular flexibility index (Phi) is 3.13. The third-order valence-corrected chi connectivity index (χ3v) is 4.54. The highest BCUT2D eigenvalue weighted by molar-refractivity contribution is 5.89. The van der Waals surface area contributed by atoms with E-state index >= 15 is 0 Å². The average Bonchev–Trinajstić information content (AvgIpc) is 3.18. The minimum Gasteiger partial charge on any atom is -0.361 e. The monoisotopic (exact) mass is 297 g/mol. The molecule has 1 saturated heterocycles. The number of amides is 2. The summed E-state index contributed by atoms with van der Waals surface area (Å²) in [6, 6.07) is 8.36. The number of likely N-dealkylation sites (tertiary alicyclic amines) is 1. The highest BCUT2D eigenvalue weighted by Gasteiger charge is 2.39. The first kappa shape index (κ1) is 13.4. The van der Waals surface area contributed by atoms with Crippen LogP contribution in [-0.2, 0) is 16.0 Å². The molecule has 1 aromatic heterocycles. The van der Waals surface area contributed by atoms with Crippen LogP contribution in [0.15, 0.2) is 30.5 Å². The van der Waals surface area contributed by atoms with Gasteiger partial charge in [0.1, 0.15) is 0 Å². The number of aromatic amines is 1. The third-order valence-electron chi connectivity index (χ3n) is 4.54. The maximum Gasteiger partial charge on any atom is 0.225 e. The largest absolute Gasteiger partial charge is 0.361 e. The first-order valence-corrected chi connectivity index (χ1v) is 7.84. The molecule has 2 amide bonds. The minimum atomic E-state index is -0.0363. The summed E-state index contributed by atoms with van der Waals surface area (Å²) in [6.45, 7) is 0.670. The van der Waals surface area contributed by atoms with Crippen molar-refractivity contribution in [2.75, 3.05) is 6.54 Å². The quantitative estimate of drug-likeness (QED) is 0.900. The van der Waals surface area contributed by atoms with Crippen LogP contribution < -0.4 is 5.32 Å². The number of aromatic nitrogens is 1. The number of rotatable bonds is 4. The molecule has 2 fully saturated rings. The number of benzene rings is 1. The zero-order chi connectivity index (χ0) is 15.1. The number of para-hydroxylation sites is 1. The van der Waals surface area contributed by atoms with Crippen LogP contribution in [0.5, 0.6) is 0 Å². The second-order valence-electron chi connectivity index (χ2n) is 6.28.